The second-order valence-corrected chi connectivity index (χ2v) is 14.3. The van der Waals surface area contributed by atoms with Gasteiger partial charge in [0.15, 0.2) is 17.5 Å². The second kappa shape index (κ2) is 12.2. The highest BCUT2D eigenvalue weighted by Gasteiger charge is 2.38. The first-order valence-electron chi connectivity index (χ1n) is 18.1. The average molecular weight is 682 g/mol. The van der Waals surface area contributed by atoms with Gasteiger partial charge in [0.05, 0.1) is 11.0 Å². The van der Waals surface area contributed by atoms with Gasteiger partial charge >= 0.3 is 0 Å². The molecule has 4 heterocycles. The van der Waals surface area contributed by atoms with Crippen molar-refractivity contribution in [2.45, 2.75) is 25.7 Å². The normalized spacial score (nSPS) is 14.3. The highest BCUT2D eigenvalue weighted by Crippen LogP contribution is 2.51. The molecular formula is C48H35N5. The van der Waals surface area contributed by atoms with Crippen molar-refractivity contribution in [2.24, 2.45) is 0 Å². The van der Waals surface area contributed by atoms with Gasteiger partial charge in [-0.1, -0.05) is 159 Å². The van der Waals surface area contributed by atoms with Gasteiger partial charge in [0.1, 0.15) is 5.82 Å². The van der Waals surface area contributed by atoms with Crippen LogP contribution < -0.4 is 0 Å². The SMILES string of the molecule is CC1(C)c2cc(-c3nc(-c4ccccc4)nc(-c4ccccc4)n3)cnc2-n2c3cc(C4=CC=CCC=C4)ccc3c3ccc(-c4ccccc4)c1c32. The molecule has 8 aromatic rings. The molecule has 0 unspecified atom stereocenters. The predicted molar refractivity (Wildman–Crippen MR) is 217 cm³/mol. The second-order valence-electron chi connectivity index (χ2n) is 14.3. The molecule has 10 rings (SSSR count). The number of hydrogen-bond acceptors (Lipinski definition) is 4. The number of pyridine rings is 1. The van der Waals surface area contributed by atoms with Gasteiger partial charge in [0.25, 0.3) is 0 Å². The van der Waals surface area contributed by atoms with Gasteiger partial charge in [0.2, 0.25) is 0 Å². The number of nitrogens with zero attached hydrogens (tertiary/aromatic N) is 5. The molecule has 5 aromatic carbocycles. The predicted octanol–water partition coefficient (Wildman–Crippen LogP) is 11.6. The summed E-state index contributed by atoms with van der Waals surface area (Å²) in [5.74, 6) is 2.78. The van der Waals surface area contributed by atoms with E-state index in [0.29, 0.717) is 17.5 Å². The lowest BCUT2D eigenvalue weighted by molar-refractivity contribution is 0.626. The summed E-state index contributed by atoms with van der Waals surface area (Å²) in [6.07, 6.45) is 13.8. The Morgan fingerprint density at radius 2 is 1.21 bits per heavy atom. The van der Waals surface area contributed by atoms with Crippen LogP contribution in [0.1, 0.15) is 37.0 Å². The molecule has 0 fully saturated rings. The third kappa shape index (κ3) is 5.07. The molecule has 0 saturated carbocycles. The molecule has 3 aromatic heterocycles. The average Bonchev–Trinajstić information content (AvgIpc) is 3.33. The van der Waals surface area contributed by atoms with Crippen molar-refractivity contribution in [2.75, 3.05) is 0 Å². The summed E-state index contributed by atoms with van der Waals surface area (Å²) >= 11 is 0. The van der Waals surface area contributed by atoms with E-state index < -0.39 is 5.41 Å². The largest absolute Gasteiger partial charge is 0.293 e. The quantitative estimate of drug-likeness (QED) is 0.181. The molecule has 5 nitrogen and oxygen atoms in total. The first-order valence-corrected chi connectivity index (χ1v) is 18.1. The molecule has 1 aliphatic carbocycles. The van der Waals surface area contributed by atoms with Crippen LogP contribution in [0.2, 0.25) is 0 Å². The van der Waals surface area contributed by atoms with E-state index in [2.05, 4.69) is 116 Å². The molecule has 5 heteroatoms. The molecule has 0 radical (unpaired) electrons. The minimum atomic E-state index is -0.412. The zero-order valence-corrected chi connectivity index (χ0v) is 29.5. The van der Waals surface area contributed by atoms with Crippen molar-refractivity contribution >= 4 is 27.4 Å². The maximum Gasteiger partial charge on any atom is 0.165 e. The van der Waals surface area contributed by atoms with E-state index in [1.54, 1.807) is 0 Å². The molecule has 0 spiro atoms. The van der Waals surface area contributed by atoms with E-state index >= 15 is 0 Å². The van der Waals surface area contributed by atoms with Gasteiger partial charge in [-0.2, -0.15) is 0 Å². The fourth-order valence-corrected chi connectivity index (χ4v) is 8.06. The molecule has 53 heavy (non-hydrogen) atoms. The van der Waals surface area contributed by atoms with Crippen molar-refractivity contribution in [1.82, 2.24) is 24.5 Å². The summed E-state index contributed by atoms with van der Waals surface area (Å²) in [7, 11) is 0. The van der Waals surface area contributed by atoms with E-state index in [-0.39, 0.29) is 0 Å². The van der Waals surface area contributed by atoms with Crippen LogP contribution in [0.25, 0.3) is 78.5 Å². The third-order valence-corrected chi connectivity index (χ3v) is 10.7. The van der Waals surface area contributed by atoms with Gasteiger partial charge in [0, 0.05) is 44.6 Å². The van der Waals surface area contributed by atoms with Gasteiger partial charge in [-0.15, -0.1) is 0 Å². The standard InChI is InChI=1S/C48H35N5/c1-48(2)40-28-36(46-51-44(33-20-12-6-13-21-33)50-45(52-46)34-22-14-7-15-23-34)30-49-47(40)53-41-29-35(31-16-8-3-4-9-17-31)24-25-38(41)39-27-26-37(42(48)43(39)53)32-18-10-5-11-19-32/h3,5-30H,4H2,1-2H3. The van der Waals surface area contributed by atoms with E-state index in [9.17, 15) is 0 Å². The van der Waals surface area contributed by atoms with Gasteiger partial charge in [-0.05, 0) is 46.4 Å². The van der Waals surface area contributed by atoms with Crippen molar-refractivity contribution in [3.05, 3.63) is 181 Å². The van der Waals surface area contributed by atoms with E-state index in [1.165, 1.54) is 44.1 Å². The number of fused-ring (bicyclic) bond motifs is 5. The van der Waals surface area contributed by atoms with E-state index in [4.69, 9.17) is 19.9 Å². The summed E-state index contributed by atoms with van der Waals surface area (Å²) in [5.41, 5.74) is 11.9. The van der Waals surface area contributed by atoms with Crippen molar-refractivity contribution in [3.8, 4) is 51.1 Å². The molecule has 1 aliphatic heterocycles. The Morgan fingerprint density at radius 1 is 0.585 bits per heavy atom. The van der Waals surface area contributed by atoms with Gasteiger partial charge in [-0.25, -0.2) is 19.9 Å². The number of rotatable bonds is 5. The van der Waals surface area contributed by atoms with Crippen LogP contribution in [0.3, 0.4) is 0 Å². The minimum absolute atomic E-state index is 0.412. The topological polar surface area (TPSA) is 56.5 Å². The lowest BCUT2D eigenvalue weighted by atomic mass is 9.72. The lowest BCUT2D eigenvalue weighted by Gasteiger charge is -2.36. The van der Waals surface area contributed by atoms with E-state index in [0.717, 1.165) is 40.0 Å². The number of benzene rings is 5. The zero-order chi connectivity index (χ0) is 35.5. The monoisotopic (exact) mass is 681 g/mol. The van der Waals surface area contributed by atoms with Crippen LogP contribution in [0, 0.1) is 0 Å². The van der Waals surface area contributed by atoms with Crippen LogP contribution in [-0.2, 0) is 5.41 Å². The van der Waals surface area contributed by atoms with Crippen molar-refractivity contribution in [1.29, 1.82) is 0 Å². The van der Waals surface area contributed by atoms with Gasteiger partial charge < -0.3 is 0 Å². The maximum atomic E-state index is 5.32. The molecule has 252 valence electrons. The van der Waals surface area contributed by atoms with Crippen LogP contribution in [0.5, 0.6) is 0 Å². The Bertz CT molecular complexity index is 2750. The Labute approximate surface area is 308 Å². The fraction of sp³-hybridized carbons (Fsp3) is 0.0833. The van der Waals surface area contributed by atoms with Crippen molar-refractivity contribution in [3.63, 3.8) is 0 Å². The Morgan fingerprint density at radius 3 is 1.89 bits per heavy atom. The first kappa shape index (κ1) is 31.1. The smallest absolute Gasteiger partial charge is 0.165 e. The Hall–Kier alpha value is -6.72. The van der Waals surface area contributed by atoms with Crippen LogP contribution in [0.4, 0.5) is 0 Å². The summed E-state index contributed by atoms with van der Waals surface area (Å²) in [5, 5.41) is 2.44. The molecule has 0 bridgehead atoms. The Balaban J connectivity index is 1.24. The fourth-order valence-electron chi connectivity index (χ4n) is 8.06. The zero-order valence-electron chi connectivity index (χ0n) is 29.5. The van der Waals surface area contributed by atoms with E-state index in [1.807, 2.05) is 66.9 Å². The summed E-state index contributed by atoms with van der Waals surface area (Å²) in [4.78, 5) is 20.4. The van der Waals surface area contributed by atoms with Crippen LogP contribution in [0.15, 0.2) is 164 Å². The minimum Gasteiger partial charge on any atom is -0.293 e. The summed E-state index contributed by atoms with van der Waals surface area (Å²) in [6.45, 7) is 4.66. The molecule has 0 amide bonds. The summed E-state index contributed by atoms with van der Waals surface area (Å²) in [6, 6.07) is 44.7. The number of aromatic nitrogens is 5. The van der Waals surface area contributed by atoms with Crippen LogP contribution >= 0.6 is 0 Å². The molecule has 0 N–H and O–H groups in total. The summed E-state index contributed by atoms with van der Waals surface area (Å²) < 4.78 is 2.40. The number of hydrogen-bond donors (Lipinski definition) is 0. The van der Waals surface area contributed by atoms with Crippen LogP contribution in [-0.4, -0.2) is 24.5 Å². The molecule has 2 aliphatic rings. The molecule has 0 saturated heterocycles. The number of allylic oxidation sites excluding steroid dienone is 6. The van der Waals surface area contributed by atoms with Gasteiger partial charge in [-0.3, -0.25) is 4.57 Å². The first-order chi connectivity index (χ1) is 26.0. The Kier molecular flexibility index (Phi) is 7.15. The maximum absolute atomic E-state index is 5.32. The molecular weight excluding hydrogens is 647 g/mol. The van der Waals surface area contributed by atoms with Crippen molar-refractivity contribution < 1.29 is 0 Å². The highest BCUT2D eigenvalue weighted by atomic mass is 15.1. The lowest BCUT2D eigenvalue weighted by Crippen LogP contribution is -2.28. The third-order valence-electron chi connectivity index (χ3n) is 10.7. The highest BCUT2D eigenvalue weighted by molar-refractivity contribution is 6.13. The molecule has 0 atom stereocenters.